The van der Waals surface area contributed by atoms with Gasteiger partial charge in [0.1, 0.15) is 0 Å². The minimum Gasteiger partial charge on any atom is -0.382 e. The van der Waals surface area contributed by atoms with Crippen LogP contribution in [0.5, 0.6) is 0 Å². The number of rotatable bonds is 7. The predicted molar refractivity (Wildman–Crippen MR) is 74.3 cm³/mol. The minimum atomic E-state index is 0.378. The lowest BCUT2D eigenvalue weighted by Crippen LogP contribution is -2.40. The SMILES string of the molecule is CCCNC(CC(C)OC)C1CCC(C)CC1. The Bertz CT molecular complexity index is 187. The van der Waals surface area contributed by atoms with Crippen molar-refractivity contribution in [2.45, 2.75) is 71.4 Å². The second-order valence-electron chi connectivity index (χ2n) is 5.86. The third-order valence-corrected chi connectivity index (χ3v) is 4.27. The van der Waals surface area contributed by atoms with Gasteiger partial charge in [0.25, 0.3) is 0 Å². The molecule has 1 aliphatic carbocycles. The molecular weight excluding hydrogens is 210 g/mol. The lowest BCUT2D eigenvalue weighted by molar-refractivity contribution is 0.0850. The summed E-state index contributed by atoms with van der Waals surface area (Å²) in [4.78, 5) is 0. The van der Waals surface area contributed by atoms with Crippen LogP contribution in [0, 0.1) is 11.8 Å². The Labute approximate surface area is 108 Å². The summed E-state index contributed by atoms with van der Waals surface area (Å²) in [6.07, 6.45) is 8.39. The van der Waals surface area contributed by atoms with Gasteiger partial charge in [-0.15, -0.1) is 0 Å². The molecule has 1 aliphatic rings. The van der Waals surface area contributed by atoms with Crippen LogP contribution < -0.4 is 5.32 Å². The molecule has 0 bridgehead atoms. The summed E-state index contributed by atoms with van der Waals surface area (Å²) in [5.41, 5.74) is 0. The molecule has 2 atom stereocenters. The standard InChI is InChI=1S/C15H31NO/c1-5-10-16-15(11-13(3)17-4)14-8-6-12(2)7-9-14/h12-16H,5-11H2,1-4H3. The second-order valence-corrected chi connectivity index (χ2v) is 5.86. The fourth-order valence-corrected chi connectivity index (χ4v) is 2.91. The van der Waals surface area contributed by atoms with Gasteiger partial charge < -0.3 is 10.1 Å². The molecule has 1 N–H and O–H groups in total. The first-order valence-corrected chi connectivity index (χ1v) is 7.43. The van der Waals surface area contributed by atoms with Gasteiger partial charge in [0.2, 0.25) is 0 Å². The van der Waals surface area contributed by atoms with Crippen LogP contribution in [-0.2, 0) is 4.74 Å². The summed E-state index contributed by atoms with van der Waals surface area (Å²) in [6, 6.07) is 0.664. The third kappa shape index (κ3) is 5.39. The zero-order valence-corrected chi connectivity index (χ0v) is 12.2. The second kappa shape index (κ2) is 8.10. The van der Waals surface area contributed by atoms with Gasteiger partial charge in [0.15, 0.2) is 0 Å². The summed E-state index contributed by atoms with van der Waals surface area (Å²) < 4.78 is 5.43. The van der Waals surface area contributed by atoms with Crippen LogP contribution >= 0.6 is 0 Å². The highest BCUT2D eigenvalue weighted by molar-refractivity contribution is 4.82. The van der Waals surface area contributed by atoms with Crippen LogP contribution in [0.3, 0.4) is 0 Å². The zero-order valence-electron chi connectivity index (χ0n) is 12.2. The Kier molecular flexibility index (Phi) is 7.14. The van der Waals surface area contributed by atoms with E-state index in [1.807, 2.05) is 7.11 Å². The number of hydrogen-bond donors (Lipinski definition) is 1. The van der Waals surface area contributed by atoms with E-state index in [2.05, 4.69) is 26.1 Å². The van der Waals surface area contributed by atoms with Crippen molar-refractivity contribution in [3.05, 3.63) is 0 Å². The van der Waals surface area contributed by atoms with Crippen LogP contribution in [0.2, 0.25) is 0 Å². The van der Waals surface area contributed by atoms with E-state index in [1.54, 1.807) is 0 Å². The van der Waals surface area contributed by atoms with Gasteiger partial charge >= 0.3 is 0 Å². The van der Waals surface area contributed by atoms with Crippen molar-refractivity contribution in [1.29, 1.82) is 0 Å². The molecule has 0 amide bonds. The van der Waals surface area contributed by atoms with Crippen molar-refractivity contribution in [2.24, 2.45) is 11.8 Å². The molecule has 17 heavy (non-hydrogen) atoms. The summed E-state index contributed by atoms with van der Waals surface area (Å²) in [7, 11) is 1.82. The molecular formula is C15H31NO. The third-order valence-electron chi connectivity index (χ3n) is 4.27. The molecule has 2 unspecified atom stereocenters. The molecule has 0 aromatic carbocycles. The number of methoxy groups -OCH3 is 1. The normalized spacial score (nSPS) is 28.9. The van der Waals surface area contributed by atoms with Crippen molar-refractivity contribution >= 4 is 0 Å². The Hall–Kier alpha value is -0.0800. The lowest BCUT2D eigenvalue weighted by atomic mass is 9.78. The Morgan fingerprint density at radius 3 is 2.41 bits per heavy atom. The highest BCUT2D eigenvalue weighted by atomic mass is 16.5. The van der Waals surface area contributed by atoms with Gasteiger partial charge in [0, 0.05) is 13.2 Å². The van der Waals surface area contributed by atoms with E-state index in [1.165, 1.54) is 32.1 Å². The maximum absolute atomic E-state index is 5.43. The molecule has 102 valence electrons. The lowest BCUT2D eigenvalue weighted by Gasteiger charge is -2.34. The Morgan fingerprint density at radius 1 is 1.24 bits per heavy atom. The first kappa shape index (κ1) is 15.0. The highest BCUT2D eigenvalue weighted by Gasteiger charge is 2.26. The number of hydrogen-bond acceptors (Lipinski definition) is 2. The Balaban J connectivity index is 2.43. The smallest absolute Gasteiger partial charge is 0.0558 e. The molecule has 1 rings (SSSR count). The average Bonchev–Trinajstić information content (AvgIpc) is 2.35. The van der Waals surface area contributed by atoms with E-state index in [0.717, 1.165) is 24.8 Å². The largest absolute Gasteiger partial charge is 0.382 e. The molecule has 0 radical (unpaired) electrons. The van der Waals surface area contributed by atoms with E-state index in [4.69, 9.17) is 4.74 Å². The molecule has 0 saturated heterocycles. The molecule has 0 aromatic rings. The van der Waals surface area contributed by atoms with Crippen molar-refractivity contribution in [3.63, 3.8) is 0 Å². The topological polar surface area (TPSA) is 21.3 Å². The van der Waals surface area contributed by atoms with Gasteiger partial charge in [-0.1, -0.05) is 26.7 Å². The van der Waals surface area contributed by atoms with E-state index < -0.39 is 0 Å². The average molecular weight is 241 g/mol. The number of nitrogens with one attached hydrogen (secondary N) is 1. The molecule has 0 spiro atoms. The van der Waals surface area contributed by atoms with Crippen LogP contribution in [-0.4, -0.2) is 25.8 Å². The molecule has 1 fully saturated rings. The molecule has 1 saturated carbocycles. The van der Waals surface area contributed by atoms with Crippen LogP contribution in [0.25, 0.3) is 0 Å². The molecule has 0 heterocycles. The molecule has 0 aliphatic heterocycles. The van der Waals surface area contributed by atoms with Gasteiger partial charge in [-0.2, -0.15) is 0 Å². The van der Waals surface area contributed by atoms with Gasteiger partial charge in [-0.25, -0.2) is 0 Å². The fraction of sp³-hybridized carbons (Fsp3) is 1.00. The van der Waals surface area contributed by atoms with Crippen LogP contribution in [0.15, 0.2) is 0 Å². The predicted octanol–water partition coefficient (Wildman–Crippen LogP) is 3.61. The number of ether oxygens (including phenoxy) is 1. The van der Waals surface area contributed by atoms with Crippen LogP contribution in [0.1, 0.15) is 59.3 Å². The Morgan fingerprint density at radius 2 is 1.88 bits per heavy atom. The van der Waals surface area contributed by atoms with Crippen LogP contribution in [0.4, 0.5) is 0 Å². The maximum Gasteiger partial charge on any atom is 0.0558 e. The molecule has 0 aromatic heterocycles. The van der Waals surface area contributed by atoms with Gasteiger partial charge in [-0.05, 0) is 51.0 Å². The summed E-state index contributed by atoms with van der Waals surface area (Å²) in [5.74, 6) is 1.81. The van der Waals surface area contributed by atoms with E-state index in [-0.39, 0.29) is 0 Å². The quantitative estimate of drug-likeness (QED) is 0.735. The van der Waals surface area contributed by atoms with Gasteiger partial charge in [-0.3, -0.25) is 0 Å². The highest BCUT2D eigenvalue weighted by Crippen LogP contribution is 2.32. The van der Waals surface area contributed by atoms with E-state index >= 15 is 0 Å². The van der Waals surface area contributed by atoms with Crippen molar-refractivity contribution < 1.29 is 4.74 Å². The molecule has 2 nitrogen and oxygen atoms in total. The van der Waals surface area contributed by atoms with E-state index in [0.29, 0.717) is 12.1 Å². The van der Waals surface area contributed by atoms with Crippen molar-refractivity contribution in [1.82, 2.24) is 5.32 Å². The summed E-state index contributed by atoms with van der Waals surface area (Å²) in [5, 5.41) is 3.74. The minimum absolute atomic E-state index is 0.378. The first-order chi connectivity index (χ1) is 8.17. The summed E-state index contributed by atoms with van der Waals surface area (Å²) >= 11 is 0. The monoisotopic (exact) mass is 241 g/mol. The van der Waals surface area contributed by atoms with Gasteiger partial charge in [0.05, 0.1) is 6.10 Å². The first-order valence-electron chi connectivity index (χ1n) is 7.43. The maximum atomic E-state index is 5.43. The fourth-order valence-electron chi connectivity index (χ4n) is 2.91. The molecule has 2 heteroatoms. The summed E-state index contributed by atoms with van der Waals surface area (Å²) in [6.45, 7) is 7.97. The van der Waals surface area contributed by atoms with Crippen molar-refractivity contribution in [2.75, 3.05) is 13.7 Å². The van der Waals surface area contributed by atoms with Crippen molar-refractivity contribution in [3.8, 4) is 0 Å². The zero-order chi connectivity index (χ0) is 12.7. The van der Waals surface area contributed by atoms with E-state index in [9.17, 15) is 0 Å².